The zero-order valence-corrected chi connectivity index (χ0v) is 13.6. The van der Waals surface area contributed by atoms with Gasteiger partial charge >= 0.3 is 0 Å². The van der Waals surface area contributed by atoms with Crippen LogP contribution in [0.1, 0.15) is 21.5 Å². The highest BCUT2D eigenvalue weighted by atomic mass is 19.1. The summed E-state index contributed by atoms with van der Waals surface area (Å²) in [5.74, 6) is 0.277. The predicted molar refractivity (Wildman–Crippen MR) is 94.8 cm³/mol. The van der Waals surface area contributed by atoms with Gasteiger partial charge in [-0.3, -0.25) is 4.79 Å². The highest BCUT2D eigenvalue weighted by molar-refractivity contribution is 5.95. The molecule has 0 radical (unpaired) electrons. The molecule has 0 unspecified atom stereocenters. The molecule has 1 amide bonds. The van der Waals surface area contributed by atoms with Gasteiger partial charge in [0.2, 0.25) is 0 Å². The maximum Gasteiger partial charge on any atom is 0.251 e. The van der Waals surface area contributed by atoms with Gasteiger partial charge in [0.25, 0.3) is 5.91 Å². The van der Waals surface area contributed by atoms with E-state index >= 15 is 0 Å². The summed E-state index contributed by atoms with van der Waals surface area (Å²) in [6, 6.07) is 22.9. The van der Waals surface area contributed by atoms with E-state index in [-0.39, 0.29) is 11.7 Å². The molecular weight excluding hydrogens is 317 g/mol. The molecule has 0 fully saturated rings. The first-order valence-corrected chi connectivity index (χ1v) is 8.01. The molecule has 0 aromatic heterocycles. The summed E-state index contributed by atoms with van der Waals surface area (Å²) in [6.45, 7) is 0.650. The number of amides is 1. The van der Waals surface area contributed by atoms with Crippen molar-refractivity contribution < 1.29 is 13.9 Å². The van der Waals surface area contributed by atoms with Crippen LogP contribution in [-0.2, 0) is 13.2 Å². The van der Waals surface area contributed by atoms with Crippen LogP contribution in [0.3, 0.4) is 0 Å². The molecule has 0 aliphatic rings. The Hall–Kier alpha value is -3.14. The molecule has 0 heterocycles. The average molecular weight is 335 g/mol. The van der Waals surface area contributed by atoms with E-state index in [1.807, 2.05) is 48.5 Å². The number of carbonyl (C=O) groups excluding carboxylic acids is 1. The zero-order valence-electron chi connectivity index (χ0n) is 13.6. The van der Waals surface area contributed by atoms with Gasteiger partial charge in [-0.25, -0.2) is 4.39 Å². The number of hydrogen-bond donors (Lipinski definition) is 1. The van der Waals surface area contributed by atoms with Crippen LogP contribution in [0.25, 0.3) is 0 Å². The molecule has 4 heteroatoms. The molecule has 0 spiro atoms. The van der Waals surface area contributed by atoms with Gasteiger partial charge in [-0.2, -0.15) is 0 Å². The molecule has 3 nitrogen and oxygen atoms in total. The van der Waals surface area contributed by atoms with E-state index in [4.69, 9.17) is 4.74 Å². The number of nitrogens with one attached hydrogen (secondary N) is 1. The highest BCUT2D eigenvalue weighted by Gasteiger charge is 2.11. The number of para-hydroxylation sites is 1. The van der Waals surface area contributed by atoms with Crippen molar-refractivity contribution in [3.05, 3.63) is 101 Å². The van der Waals surface area contributed by atoms with Crippen LogP contribution < -0.4 is 10.1 Å². The van der Waals surface area contributed by atoms with E-state index in [1.165, 1.54) is 12.1 Å². The molecule has 0 aliphatic heterocycles. The first kappa shape index (κ1) is 16.7. The highest BCUT2D eigenvalue weighted by Crippen LogP contribution is 2.15. The summed E-state index contributed by atoms with van der Waals surface area (Å²) in [4.78, 5) is 12.5. The van der Waals surface area contributed by atoms with Crippen molar-refractivity contribution in [1.82, 2.24) is 5.32 Å². The van der Waals surface area contributed by atoms with E-state index in [2.05, 4.69) is 5.32 Å². The van der Waals surface area contributed by atoms with Gasteiger partial charge in [-0.15, -0.1) is 0 Å². The lowest BCUT2D eigenvalue weighted by Crippen LogP contribution is -2.24. The fourth-order valence-corrected chi connectivity index (χ4v) is 2.43. The van der Waals surface area contributed by atoms with E-state index in [0.29, 0.717) is 18.7 Å². The predicted octanol–water partition coefficient (Wildman–Crippen LogP) is 4.33. The Morgan fingerprint density at radius 1 is 0.880 bits per heavy atom. The molecular formula is C21H18FNO2. The number of rotatable bonds is 6. The fourth-order valence-electron chi connectivity index (χ4n) is 2.43. The number of halogens is 1. The summed E-state index contributed by atoms with van der Waals surface area (Å²) in [7, 11) is 0. The SMILES string of the molecule is O=C(NCc1ccc(F)cc1)c1ccccc1COc1ccccc1. The summed E-state index contributed by atoms with van der Waals surface area (Å²) in [6.07, 6.45) is 0. The van der Waals surface area contributed by atoms with E-state index in [1.54, 1.807) is 18.2 Å². The fraction of sp³-hybridized carbons (Fsp3) is 0.0952. The first-order valence-electron chi connectivity index (χ1n) is 8.01. The molecule has 3 aromatic rings. The van der Waals surface area contributed by atoms with Gasteiger partial charge in [0.05, 0.1) is 0 Å². The van der Waals surface area contributed by atoms with Gasteiger partial charge in [-0.05, 0) is 35.9 Å². The Kier molecular flexibility index (Phi) is 5.42. The third-order valence-corrected chi connectivity index (χ3v) is 3.77. The lowest BCUT2D eigenvalue weighted by atomic mass is 10.1. The average Bonchev–Trinajstić information content (AvgIpc) is 2.67. The second kappa shape index (κ2) is 8.11. The molecule has 3 rings (SSSR count). The van der Waals surface area contributed by atoms with Crippen LogP contribution in [0.4, 0.5) is 4.39 Å². The second-order valence-corrected chi connectivity index (χ2v) is 5.57. The summed E-state index contributed by atoms with van der Waals surface area (Å²) in [5.41, 5.74) is 2.22. The Morgan fingerprint density at radius 3 is 2.32 bits per heavy atom. The smallest absolute Gasteiger partial charge is 0.251 e. The standard InChI is InChI=1S/C21H18FNO2/c22-18-12-10-16(11-13-18)14-23-21(24)20-9-5-4-6-17(20)15-25-19-7-2-1-3-8-19/h1-13H,14-15H2,(H,23,24). The van der Waals surface area contributed by atoms with E-state index < -0.39 is 0 Å². The van der Waals surface area contributed by atoms with Crippen LogP contribution in [0.15, 0.2) is 78.9 Å². The zero-order chi connectivity index (χ0) is 17.5. The first-order chi connectivity index (χ1) is 12.2. The Bertz CT molecular complexity index is 832. The van der Waals surface area contributed by atoms with Crippen LogP contribution in [0, 0.1) is 5.82 Å². The van der Waals surface area contributed by atoms with Gasteiger partial charge in [0.1, 0.15) is 18.2 Å². The number of hydrogen-bond acceptors (Lipinski definition) is 2. The molecule has 3 aromatic carbocycles. The van der Waals surface area contributed by atoms with Crippen molar-refractivity contribution in [2.24, 2.45) is 0 Å². The largest absolute Gasteiger partial charge is 0.489 e. The third kappa shape index (κ3) is 4.67. The normalized spacial score (nSPS) is 10.3. The van der Waals surface area contributed by atoms with Crippen LogP contribution >= 0.6 is 0 Å². The summed E-state index contributed by atoms with van der Waals surface area (Å²) in [5, 5.41) is 2.86. The van der Waals surface area contributed by atoms with Crippen molar-refractivity contribution >= 4 is 5.91 Å². The van der Waals surface area contributed by atoms with Gasteiger partial charge < -0.3 is 10.1 Å². The topological polar surface area (TPSA) is 38.3 Å². The lowest BCUT2D eigenvalue weighted by molar-refractivity contribution is 0.0948. The molecule has 0 aliphatic carbocycles. The van der Waals surface area contributed by atoms with Crippen molar-refractivity contribution in [2.45, 2.75) is 13.2 Å². The van der Waals surface area contributed by atoms with Gasteiger partial charge in [0, 0.05) is 17.7 Å². The van der Waals surface area contributed by atoms with Gasteiger partial charge in [-0.1, -0.05) is 48.5 Å². The minimum absolute atomic E-state index is 0.184. The van der Waals surface area contributed by atoms with Crippen molar-refractivity contribution in [3.8, 4) is 5.75 Å². The quantitative estimate of drug-likeness (QED) is 0.728. The number of carbonyl (C=O) groups is 1. The van der Waals surface area contributed by atoms with Gasteiger partial charge in [0.15, 0.2) is 0 Å². The van der Waals surface area contributed by atoms with Crippen LogP contribution in [0.5, 0.6) is 5.75 Å². The van der Waals surface area contributed by atoms with Crippen molar-refractivity contribution in [3.63, 3.8) is 0 Å². The van der Waals surface area contributed by atoms with Crippen molar-refractivity contribution in [1.29, 1.82) is 0 Å². The Morgan fingerprint density at radius 2 is 1.56 bits per heavy atom. The molecule has 0 atom stereocenters. The molecule has 1 N–H and O–H groups in total. The van der Waals surface area contributed by atoms with E-state index in [0.717, 1.165) is 16.9 Å². The molecule has 0 saturated heterocycles. The maximum absolute atomic E-state index is 12.9. The minimum atomic E-state index is -0.293. The van der Waals surface area contributed by atoms with E-state index in [9.17, 15) is 9.18 Å². The summed E-state index contributed by atoms with van der Waals surface area (Å²) >= 11 is 0. The molecule has 0 saturated carbocycles. The van der Waals surface area contributed by atoms with Crippen LogP contribution in [-0.4, -0.2) is 5.91 Å². The number of benzene rings is 3. The number of ether oxygens (including phenoxy) is 1. The monoisotopic (exact) mass is 335 g/mol. The Balaban J connectivity index is 1.64. The molecule has 25 heavy (non-hydrogen) atoms. The molecule has 0 bridgehead atoms. The van der Waals surface area contributed by atoms with Crippen molar-refractivity contribution in [2.75, 3.05) is 0 Å². The maximum atomic E-state index is 12.9. The third-order valence-electron chi connectivity index (χ3n) is 3.77. The van der Waals surface area contributed by atoms with Crippen LogP contribution in [0.2, 0.25) is 0 Å². The Labute approximate surface area is 146 Å². The molecule has 126 valence electrons. The summed E-state index contributed by atoms with van der Waals surface area (Å²) < 4.78 is 18.7. The minimum Gasteiger partial charge on any atom is -0.489 e. The lowest BCUT2D eigenvalue weighted by Gasteiger charge is -2.11. The second-order valence-electron chi connectivity index (χ2n) is 5.57.